The van der Waals surface area contributed by atoms with Gasteiger partial charge < -0.3 is 15.4 Å². The molecule has 0 saturated heterocycles. The lowest BCUT2D eigenvalue weighted by molar-refractivity contribution is -0.124. The average Bonchev–Trinajstić information content (AvgIpc) is 3.37. The Morgan fingerprint density at radius 2 is 1.14 bits per heavy atom. The summed E-state index contributed by atoms with van der Waals surface area (Å²) in [5, 5.41) is 5.94. The molecule has 2 aromatic carbocycles. The number of amides is 2. The standard InChI is InChI=1S/C39H60N2O3/c1-4-6-7-8-9-10-11-12-13-14-15-16-17-18-19-24-29-40-38(42)37(31(3)5-2)41-39(43)44-30-36-34-27-22-20-25-32(34)33-26-21-23-28-35(33)36/h20-23,25-28,31,36-37H,4-19,24,29-30H2,1-3H3,(H,40,42)(H,41,43)/t31?,37-/m0/s1. The van der Waals surface area contributed by atoms with Crippen molar-refractivity contribution < 1.29 is 14.3 Å². The molecule has 0 radical (unpaired) electrons. The zero-order chi connectivity index (χ0) is 31.4. The van der Waals surface area contributed by atoms with Gasteiger partial charge in [-0.05, 0) is 34.6 Å². The van der Waals surface area contributed by atoms with Gasteiger partial charge in [0.25, 0.3) is 0 Å². The molecule has 5 nitrogen and oxygen atoms in total. The Bertz CT molecular complexity index is 1050. The molecule has 44 heavy (non-hydrogen) atoms. The quantitative estimate of drug-likeness (QED) is 0.124. The Balaban J connectivity index is 1.26. The van der Waals surface area contributed by atoms with Crippen LogP contribution in [0.5, 0.6) is 0 Å². The second-order valence-corrected chi connectivity index (χ2v) is 12.9. The van der Waals surface area contributed by atoms with Gasteiger partial charge in [-0.25, -0.2) is 4.79 Å². The van der Waals surface area contributed by atoms with Crippen LogP contribution in [0.4, 0.5) is 4.79 Å². The maximum atomic E-state index is 13.0. The Kier molecular flexibility index (Phi) is 17.0. The molecule has 0 bridgehead atoms. The minimum Gasteiger partial charge on any atom is -0.449 e. The topological polar surface area (TPSA) is 67.4 Å². The molecule has 0 saturated carbocycles. The Morgan fingerprint density at radius 3 is 1.61 bits per heavy atom. The normalized spacial score (nSPS) is 13.6. The van der Waals surface area contributed by atoms with E-state index in [9.17, 15) is 9.59 Å². The van der Waals surface area contributed by atoms with Crippen molar-refractivity contribution in [2.45, 2.75) is 142 Å². The third kappa shape index (κ3) is 11.9. The van der Waals surface area contributed by atoms with Crippen molar-refractivity contribution in [1.29, 1.82) is 0 Å². The van der Waals surface area contributed by atoms with Gasteiger partial charge in [-0.1, -0.05) is 172 Å². The Hall–Kier alpha value is -2.82. The van der Waals surface area contributed by atoms with E-state index in [1.807, 2.05) is 38.1 Å². The van der Waals surface area contributed by atoms with Crippen molar-refractivity contribution >= 4 is 12.0 Å². The van der Waals surface area contributed by atoms with Crippen LogP contribution in [0.2, 0.25) is 0 Å². The van der Waals surface area contributed by atoms with Gasteiger partial charge in [0.1, 0.15) is 12.6 Å². The van der Waals surface area contributed by atoms with Crippen LogP contribution in [0, 0.1) is 5.92 Å². The summed E-state index contributed by atoms with van der Waals surface area (Å²) in [6.07, 6.45) is 21.6. The molecule has 2 atom stereocenters. The number of carbonyl (C=O) groups excluding carboxylic acids is 2. The lowest BCUT2D eigenvalue weighted by Gasteiger charge is -2.24. The third-order valence-electron chi connectivity index (χ3n) is 9.44. The van der Waals surface area contributed by atoms with Crippen LogP contribution in [0.1, 0.15) is 147 Å². The molecule has 0 fully saturated rings. The molecule has 0 aliphatic heterocycles. The monoisotopic (exact) mass is 604 g/mol. The van der Waals surface area contributed by atoms with E-state index >= 15 is 0 Å². The summed E-state index contributed by atoms with van der Waals surface area (Å²) >= 11 is 0. The highest BCUT2D eigenvalue weighted by Crippen LogP contribution is 2.44. The van der Waals surface area contributed by atoms with E-state index in [1.54, 1.807) is 0 Å². The molecule has 5 heteroatoms. The summed E-state index contributed by atoms with van der Waals surface area (Å²) in [6, 6.07) is 16.0. The van der Waals surface area contributed by atoms with Gasteiger partial charge in [0, 0.05) is 12.5 Å². The second kappa shape index (κ2) is 21.0. The van der Waals surface area contributed by atoms with Gasteiger partial charge >= 0.3 is 6.09 Å². The average molecular weight is 605 g/mol. The van der Waals surface area contributed by atoms with E-state index in [-0.39, 0.29) is 24.3 Å². The highest BCUT2D eigenvalue weighted by Gasteiger charge is 2.30. The van der Waals surface area contributed by atoms with Crippen LogP contribution in [-0.4, -0.2) is 31.2 Å². The zero-order valence-electron chi connectivity index (χ0n) is 28.0. The number of benzene rings is 2. The Morgan fingerprint density at radius 1 is 0.682 bits per heavy atom. The maximum absolute atomic E-state index is 13.0. The highest BCUT2D eigenvalue weighted by molar-refractivity contribution is 5.86. The van der Waals surface area contributed by atoms with Gasteiger partial charge in [-0.15, -0.1) is 0 Å². The number of hydrogen-bond acceptors (Lipinski definition) is 3. The number of fused-ring (bicyclic) bond motifs is 3. The van der Waals surface area contributed by atoms with Gasteiger partial charge in [-0.2, -0.15) is 0 Å². The van der Waals surface area contributed by atoms with Gasteiger partial charge in [0.2, 0.25) is 5.91 Å². The van der Waals surface area contributed by atoms with Crippen molar-refractivity contribution in [3.63, 3.8) is 0 Å². The van der Waals surface area contributed by atoms with E-state index in [2.05, 4.69) is 41.8 Å². The summed E-state index contributed by atoms with van der Waals surface area (Å²) in [5.74, 6) is -0.103. The first kappa shape index (κ1) is 35.7. The first-order valence-corrected chi connectivity index (χ1v) is 18.0. The second-order valence-electron chi connectivity index (χ2n) is 12.9. The number of nitrogens with one attached hydrogen (secondary N) is 2. The predicted octanol–water partition coefficient (Wildman–Crippen LogP) is 10.3. The van der Waals surface area contributed by atoms with E-state index in [1.165, 1.54) is 112 Å². The molecular weight excluding hydrogens is 544 g/mol. The van der Waals surface area contributed by atoms with Gasteiger partial charge in [0.15, 0.2) is 0 Å². The van der Waals surface area contributed by atoms with Crippen LogP contribution in [0.3, 0.4) is 0 Å². The molecule has 1 aliphatic rings. The third-order valence-corrected chi connectivity index (χ3v) is 9.44. The van der Waals surface area contributed by atoms with E-state index < -0.39 is 12.1 Å². The number of unbranched alkanes of at least 4 members (excludes halogenated alkanes) is 15. The molecule has 2 amide bonds. The molecule has 0 spiro atoms. The van der Waals surface area contributed by atoms with Crippen molar-refractivity contribution in [2.75, 3.05) is 13.2 Å². The maximum Gasteiger partial charge on any atom is 0.407 e. The first-order valence-electron chi connectivity index (χ1n) is 18.0. The fraction of sp³-hybridized carbons (Fsp3) is 0.641. The van der Waals surface area contributed by atoms with Crippen LogP contribution in [0.15, 0.2) is 48.5 Å². The minimum absolute atomic E-state index is 0.000991. The summed E-state index contributed by atoms with van der Waals surface area (Å²) in [4.78, 5) is 25.9. The number of hydrogen-bond donors (Lipinski definition) is 2. The zero-order valence-corrected chi connectivity index (χ0v) is 28.0. The van der Waals surface area contributed by atoms with Crippen LogP contribution < -0.4 is 10.6 Å². The molecule has 2 aromatic rings. The molecular formula is C39H60N2O3. The summed E-state index contributed by atoms with van der Waals surface area (Å²) in [7, 11) is 0. The number of carbonyl (C=O) groups is 2. The molecule has 1 unspecified atom stereocenters. The fourth-order valence-corrected chi connectivity index (χ4v) is 6.46. The number of ether oxygens (including phenoxy) is 1. The lowest BCUT2D eigenvalue weighted by Crippen LogP contribution is -2.50. The lowest BCUT2D eigenvalue weighted by atomic mass is 9.98. The fourth-order valence-electron chi connectivity index (χ4n) is 6.46. The van der Waals surface area contributed by atoms with Crippen LogP contribution >= 0.6 is 0 Å². The van der Waals surface area contributed by atoms with Crippen molar-refractivity contribution in [1.82, 2.24) is 10.6 Å². The molecule has 0 aromatic heterocycles. The van der Waals surface area contributed by atoms with Crippen LogP contribution in [-0.2, 0) is 9.53 Å². The summed E-state index contributed by atoms with van der Waals surface area (Å²) < 4.78 is 5.72. The largest absolute Gasteiger partial charge is 0.449 e. The van der Waals surface area contributed by atoms with Gasteiger partial charge in [-0.3, -0.25) is 4.79 Å². The summed E-state index contributed by atoms with van der Waals surface area (Å²) in [5.41, 5.74) is 4.75. The predicted molar refractivity (Wildman–Crippen MR) is 184 cm³/mol. The molecule has 1 aliphatic carbocycles. The van der Waals surface area contributed by atoms with Gasteiger partial charge in [0.05, 0.1) is 0 Å². The molecule has 244 valence electrons. The minimum atomic E-state index is -0.600. The molecule has 0 heterocycles. The van der Waals surface area contributed by atoms with E-state index in [4.69, 9.17) is 4.74 Å². The number of alkyl carbamates (subject to hydrolysis) is 1. The molecule has 3 rings (SSSR count). The highest BCUT2D eigenvalue weighted by atomic mass is 16.5. The van der Waals surface area contributed by atoms with E-state index in [0.717, 1.165) is 19.3 Å². The summed E-state index contributed by atoms with van der Waals surface area (Å²) in [6.45, 7) is 7.22. The SMILES string of the molecule is CCCCCCCCCCCCCCCCCCNC(=O)[C@@H](NC(=O)OCC1c2ccccc2-c2ccccc21)C(C)CC. The van der Waals surface area contributed by atoms with Crippen molar-refractivity contribution in [2.24, 2.45) is 5.92 Å². The number of rotatable bonds is 23. The Labute approximate surface area is 268 Å². The van der Waals surface area contributed by atoms with Crippen molar-refractivity contribution in [3.8, 4) is 11.1 Å². The molecule has 2 N–H and O–H groups in total. The van der Waals surface area contributed by atoms with E-state index in [0.29, 0.717) is 6.54 Å². The van der Waals surface area contributed by atoms with Crippen LogP contribution in [0.25, 0.3) is 11.1 Å². The first-order chi connectivity index (χ1) is 21.6. The van der Waals surface area contributed by atoms with Crippen molar-refractivity contribution in [3.05, 3.63) is 59.7 Å². The smallest absolute Gasteiger partial charge is 0.407 e.